The number of nitrogens with one attached hydrogen (secondary N) is 1. The van der Waals surface area contributed by atoms with E-state index in [-0.39, 0.29) is 11.5 Å². The first-order valence-electron chi connectivity index (χ1n) is 11.1. The van der Waals surface area contributed by atoms with Gasteiger partial charge in [0.25, 0.3) is 5.69 Å². The smallest absolute Gasteiger partial charge is 0.363 e. The van der Waals surface area contributed by atoms with Gasteiger partial charge in [0.05, 0.1) is 21.9 Å². The van der Waals surface area contributed by atoms with Gasteiger partial charge < -0.3 is 10.2 Å². The molecule has 0 unspecified atom stereocenters. The molecule has 2 aromatic heterocycles. The van der Waals surface area contributed by atoms with E-state index in [1.165, 1.54) is 6.92 Å². The van der Waals surface area contributed by atoms with Crippen molar-refractivity contribution in [2.45, 2.75) is 39.4 Å². The second-order valence-electron chi connectivity index (χ2n) is 8.59. The van der Waals surface area contributed by atoms with E-state index in [1.807, 2.05) is 12.1 Å². The summed E-state index contributed by atoms with van der Waals surface area (Å²) in [6, 6.07) is 3.62. The molecule has 1 aromatic carbocycles. The molecule has 188 valence electrons. The maximum atomic E-state index is 13.4. The summed E-state index contributed by atoms with van der Waals surface area (Å²) >= 11 is 0. The van der Waals surface area contributed by atoms with E-state index in [0.717, 1.165) is 23.3 Å². The van der Waals surface area contributed by atoms with Crippen molar-refractivity contribution in [2.24, 2.45) is 0 Å². The van der Waals surface area contributed by atoms with E-state index in [1.54, 1.807) is 24.9 Å². The molecule has 3 heterocycles. The number of nitro groups is 1. The topological polar surface area (TPSA) is 114 Å². The second kappa shape index (κ2) is 9.51. The van der Waals surface area contributed by atoms with E-state index in [0.29, 0.717) is 48.3 Å². The normalized spacial score (nSPS) is 14.9. The van der Waals surface area contributed by atoms with Crippen molar-refractivity contribution in [1.82, 2.24) is 19.9 Å². The molecule has 1 amide bonds. The Hall–Kier alpha value is -4.09. The average molecular weight is 500 g/mol. The van der Waals surface area contributed by atoms with Crippen LogP contribution in [0.5, 0.6) is 0 Å². The van der Waals surface area contributed by atoms with E-state index in [4.69, 9.17) is 0 Å². The molecular formula is C24H23F3N6O3. The van der Waals surface area contributed by atoms with Gasteiger partial charge >= 0.3 is 6.18 Å². The first-order chi connectivity index (χ1) is 16.9. The lowest BCUT2D eigenvalue weighted by Gasteiger charge is -2.25. The highest BCUT2D eigenvalue weighted by Gasteiger charge is 2.33. The molecule has 0 aliphatic carbocycles. The minimum Gasteiger partial charge on any atom is -0.363 e. The minimum absolute atomic E-state index is 0.00103. The monoisotopic (exact) mass is 500 g/mol. The van der Waals surface area contributed by atoms with E-state index >= 15 is 0 Å². The predicted octanol–water partition coefficient (Wildman–Crippen LogP) is 5.07. The highest BCUT2D eigenvalue weighted by molar-refractivity contribution is 5.89. The third-order valence-corrected chi connectivity index (χ3v) is 6.02. The summed E-state index contributed by atoms with van der Waals surface area (Å²) in [4.78, 5) is 36.9. The molecule has 1 aliphatic heterocycles. The molecular weight excluding hydrogens is 477 g/mol. The maximum Gasteiger partial charge on any atom is 0.416 e. The standard InChI is InChI=1S/C24H23F3N6O3/c1-13(17-8-19(24(25,26)27)11-20(9-17)33(35)36)29-23-21-10-18(12-28-22(21)30-14(2)31-23)16-4-6-32(7-5-16)15(3)34/h4,8-13H,5-7H2,1-3H3,(H,28,29,30,31)/t13-/m1/s1. The predicted molar refractivity (Wildman–Crippen MR) is 127 cm³/mol. The fourth-order valence-electron chi connectivity index (χ4n) is 4.07. The van der Waals surface area contributed by atoms with Crippen LogP contribution in [-0.4, -0.2) is 43.8 Å². The number of nitrogens with zero attached hydrogens (tertiary/aromatic N) is 5. The summed E-state index contributed by atoms with van der Waals surface area (Å²) in [5.74, 6) is 0.753. The van der Waals surface area contributed by atoms with Crippen molar-refractivity contribution in [2.75, 3.05) is 18.4 Å². The van der Waals surface area contributed by atoms with Crippen molar-refractivity contribution in [3.8, 4) is 0 Å². The summed E-state index contributed by atoms with van der Waals surface area (Å²) in [6.07, 6.45) is -0.441. The quantitative estimate of drug-likeness (QED) is 0.384. The number of halogens is 3. The van der Waals surface area contributed by atoms with E-state index in [2.05, 4.69) is 20.3 Å². The Kier molecular flexibility index (Phi) is 6.61. The van der Waals surface area contributed by atoms with E-state index in [9.17, 15) is 28.1 Å². The number of carbonyl (C=O) groups is 1. The Bertz CT molecular complexity index is 1390. The maximum absolute atomic E-state index is 13.4. The lowest BCUT2D eigenvalue weighted by molar-refractivity contribution is -0.385. The number of hydrogen-bond donors (Lipinski definition) is 1. The third kappa shape index (κ3) is 5.26. The van der Waals surface area contributed by atoms with Gasteiger partial charge in [-0.15, -0.1) is 0 Å². The Morgan fingerprint density at radius 3 is 2.58 bits per heavy atom. The van der Waals surface area contributed by atoms with Gasteiger partial charge in [0.1, 0.15) is 11.6 Å². The number of aromatic nitrogens is 3. The number of non-ortho nitro benzene ring substituents is 1. The third-order valence-electron chi connectivity index (χ3n) is 6.02. The fraction of sp³-hybridized carbons (Fsp3) is 0.333. The van der Waals surface area contributed by atoms with Gasteiger partial charge in [-0.25, -0.2) is 15.0 Å². The molecule has 4 rings (SSSR count). The molecule has 0 spiro atoms. The van der Waals surface area contributed by atoms with Crippen LogP contribution in [0.15, 0.2) is 36.5 Å². The minimum atomic E-state index is -4.73. The number of anilines is 1. The van der Waals surface area contributed by atoms with Crippen LogP contribution in [0.25, 0.3) is 16.6 Å². The van der Waals surface area contributed by atoms with E-state index < -0.39 is 28.4 Å². The Balaban J connectivity index is 1.71. The lowest BCUT2D eigenvalue weighted by Crippen LogP contribution is -2.32. The number of fused-ring (bicyclic) bond motifs is 1. The molecule has 0 saturated carbocycles. The molecule has 0 radical (unpaired) electrons. The Morgan fingerprint density at radius 1 is 1.22 bits per heavy atom. The van der Waals surface area contributed by atoms with Crippen LogP contribution in [0, 0.1) is 17.0 Å². The number of carbonyl (C=O) groups excluding carboxylic acids is 1. The van der Waals surface area contributed by atoms with Gasteiger partial charge in [-0.05, 0) is 49.1 Å². The van der Waals surface area contributed by atoms with Gasteiger partial charge in [-0.1, -0.05) is 6.08 Å². The number of amides is 1. The first kappa shape index (κ1) is 25.0. The number of alkyl halides is 3. The van der Waals surface area contributed by atoms with Gasteiger partial charge in [0.2, 0.25) is 5.91 Å². The van der Waals surface area contributed by atoms with Gasteiger partial charge in [0, 0.05) is 38.3 Å². The molecule has 1 aliphatic rings. The molecule has 12 heteroatoms. The highest BCUT2D eigenvalue weighted by atomic mass is 19.4. The van der Waals surface area contributed by atoms with Crippen LogP contribution in [0.2, 0.25) is 0 Å². The molecule has 9 nitrogen and oxygen atoms in total. The van der Waals surface area contributed by atoms with Crippen LogP contribution in [0.4, 0.5) is 24.7 Å². The van der Waals surface area contributed by atoms with Gasteiger partial charge in [-0.2, -0.15) is 13.2 Å². The van der Waals surface area contributed by atoms with Crippen molar-refractivity contribution < 1.29 is 22.9 Å². The number of nitro benzene ring substituents is 1. The number of benzene rings is 1. The zero-order valence-electron chi connectivity index (χ0n) is 19.8. The number of aryl methyl sites for hydroxylation is 1. The molecule has 1 N–H and O–H groups in total. The van der Waals surface area contributed by atoms with Crippen LogP contribution in [0.3, 0.4) is 0 Å². The van der Waals surface area contributed by atoms with Crippen LogP contribution in [0.1, 0.15) is 48.8 Å². The largest absolute Gasteiger partial charge is 0.416 e. The average Bonchev–Trinajstić information content (AvgIpc) is 2.83. The summed E-state index contributed by atoms with van der Waals surface area (Å²) in [7, 11) is 0. The van der Waals surface area contributed by atoms with Crippen LogP contribution in [-0.2, 0) is 11.0 Å². The number of pyridine rings is 1. The molecule has 36 heavy (non-hydrogen) atoms. The highest BCUT2D eigenvalue weighted by Crippen LogP contribution is 2.35. The van der Waals surface area contributed by atoms with Crippen molar-refractivity contribution in [3.05, 3.63) is 69.2 Å². The van der Waals surface area contributed by atoms with Gasteiger partial charge in [0.15, 0.2) is 5.65 Å². The van der Waals surface area contributed by atoms with Crippen molar-refractivity contribution >= 4 is 34.0 Å². The van der Waals surface area contributed by atoms with Crippen LogP contribution < -0.4 is 5.32 Å². The molecule has 0 saturated heterocycles. The zero-order valence-corrected chi connectivity index (χ0v) is 19.8. The Morgan fingerprint density at radius 2 is 1.97 bits per heavy atom. The lowest BCUT2D eigenvalue weighted by atomic mass is 10.00. The van der Waals surface area contributed by atoms with Crippen LogP contribution >= 0.6 is 0 Å². The summed E-state index contributed by atoms with van der Waals surface area (Å²) in [5, 5.41) is 14.9. The molecule has 0 bridgehead atoms. The van der Waals surface area contributed by atoms with Crippen molar-refractivity contribution in [3.63, 3.8) is 0 Å². The second-order valence-corrected chi connectivity index (χ2v) is 8.59. The zero-order chi connectivity index (χ0) is 26.2. The molecule has 0 fully saturated rings. The first-order valence-corrected chi connectivity index (χ1v) is 11.1. The van der Waals surface area contributed by atoms with Crippen molar-refractivity contribution in [1.29, 1.82) is 0 Å². The number of rotatable bonds is 5. The molecule has 3 aromatic rings. The number of hydrogen-bond acceptors (Lipinski definition) is 7. The Labute approximate surface area is 204 Å². The summed E-state index contributed by atoms with van der Waals surface area (Å²) < 4.78 is 40.1. The molecule has 1 atom stereocenters. The summed E-state index contributed by atoms with van der Waals surface area (Å²) in [5.41, 5.74) is 0.572. The summed E-state index contributed by atoms with van der Waals surface area (Å²) in [6.45, 7) is 5.86. The SMILES string of the molecule is CC(=O)N1CC=C(c2cnc3nc(C)nc(N[C@H](C)c4cc([N+](=O)[O-])cc(C(F)(F)F)c4)c3c2)CC1. The van der Waals surface area contributed by atoms with Gasteiger partial charge in [-0.3, -0.25) is 14.9 Å². The fourth-order valence-corrected chi connectivity index (χ4v) is 4.07.